The Morgan fingerprint density at radius 1 is 0.875 bits per heavy atom. The first-order chi connectivity index (χ1) is 7.92. The van der Waals surface area contributed by atoms with E-state index in [1.54, 1.807) is 0 Å². The predicted molar refractivity (Wildman–Crippen MR) is 62.9 cm³/mol. The van der Waals surface area contributed by atoms with Gasteiger partial charge in [0.2, 0.25) is 6.41 Å². The van der Waals surface area contributed by atoms with Crippen LogP contribution in [-0.4, -0.2) is 6.41 Å². The zero-order valence-corrected chi connectivity index (χ0v) is 8.68. The lowest BCUT2D eigenvalue weighted by Crippen LogP contribution is -2.18. The second kappa shape index (κ2) is 3.49. The number of amides is 1. The number of fused-ring (bicyclic) bond motifs is 3. The molecular formula is C14H11NO. The first-order valence-electron chi connectivity index (χ1n) is 5.30. The van der Waals surface area contributed by atoms with E-state index in [2.05, 4.69) is 29.6 Å². The normalized spacial score (nSPS) is 13.0. The molecule has 0 fully saturated rings. The molecule has 0 radical (unpaired) electrons. The minimum absolute atomic E-state index is 0.00454. The molecule has 2 aromatic rings. The first kappa shape index (κ1) is 9.16. The number of nitrogens with one attached hydrogen (secondary N) is 1. The molecule has 0 atom stereocenters. The van der Waals surface area contributed by atoms with Gasteiger partial charge in [0.25, 0.3) is 0 Å². The molecule has 16 heavy (non-hydrogen) atoms. The van der Waals surface area contributed by atoms with E-state index < -0.39 is 0 Å². The molecule has 0 aliphatic heterocycles. The van der Waals surface area contributed by atoms with E-state index in [1.165, 1.54) is 22.3 Å². The molecule has 1 aliphatic rings. The van der Waals surface area contributed by atoms with Gasteiger partial charge in [-0.25, -0.2) is 0 Å². The molecule has 3 rings (SSSR count). The summed E-state index contributed by atoms with van der Waals surface area (Å²) in [6.07, 6.45) is 0.767. The molecule has 0 saturated heterocycles. The van der Waals surface area contributed by atoms with Crippen LogP contribution >= 0.6 is 0 Å². The van der Waals surface area contributed by atoms with Crippen molar-refractivity contribution in [3.05, 3.63) is 59.7 Å². The number of carbonyl (C=O) groups excluding carboxylic acids is 1. The SMILES string of the molecule is O=CNC1c2ccccc2-c2ccccc21. The maximum absolute atomic E-state index is 10.7. The van der Waals surface area contributed by atoms with Crippen LogP contribution in [-0.2, 0) is 4.79 Å². The quantitative estimate of drug-likeness (QED) is 0.756. The molecule has 1 N–H and O–H groups in total. The van der Waals surface area contributed by atoms with Crippen LogP contribution in [0.5, 0.6) is 0 Å². The molecule has 2 nitrogen and oxygen atoms in total. The van der Waals surface area contributed by atoms with Crippen molar-refractivity contribution in [3.63, 3.8) is 0 Å². The van der Waals surface area contributed by atoms with Crippen molar-refractivity contribution in [2.45, 2.75) is 6.04 Å². The van der Waals surface area contributed by atoms with Crippen LogP contribution in [0.3, 0.4) is 0 Å². The topological polar surface area (TPSA) is 29.1 Å². The Morgan fingerprint density at radius 2 is 1.38 bits per heavy atom. The largest absolute Gasteiger partial charge is 0.348 e. The van der Waals surface area contributed by atoms with Gasteiger partial charge in [-0.05, 0) is 22.3 Å². The third-order valence-electron chi connectivity index (χ3n) is 3.07. The second-order valence-corrected chi connectivity index (χ2v) is 3.89. The van der Waals surface area contributed by atoms with Crippen LogP contribution < -0.4 is 5.32 Å². The molecule has 0 aromatic heterocycles. The summed E-state index contributed by atoms with van der Waals surface area (Å²) in [5.74, 6) is 0. The lowest BCUT2D eigenvalue weighted by molar-refractivity contribution is -0.109. The highest BCUT2D eigenvalue weighted by Crippen LogP contribution is 2.42. The maximum atomic E-state index is 10.7. The molecular weight excluding hydrogens is 198 g/mol. The number of carbonyl (C=O) groups is 1. The van der Waals surface area contributed by atoms with Gasteiger partial charge in [-0.2, -0.15) is 0 Å². The average molecular weight is 209 g/mol. The minimum Gasteiger partial charge on any atom is -0.348 e. The van der Waals surface area contributed by atoms with E-state index in [0.717, 1.165) is 6.41 Å². The number of hydrogen-bond donors (Lipinski definition) is 1. The smallest absolute Gasteiger partial charge is 0.207 e. The summed E-state index contributed by atoms with van der Waals surface area (Å²) < 4.78 is 0. The van der Waals surface area contributed by atoms with Crippen molar-refractivity contribution in [3.8, 4) is 11.1 Å². The van der Waals surface area contributed by atoms with E-state index in [-0.39, 0.29) is 6.04 Å². The molecule has 0 unspecified atom stereocenters. The van der Waals surface area contributed by atoms with Gasteiger partial charge < -0.3 is 5.32 Å². The van der Waals surface area contributed by atoms with Crippen LogP contribution in [0, 0.1) is 0 Å². The summed E-state index contributed by atoms with van der Waals surface area (Å²) >= 11 is 0. The van der Waals surface area contributed by atoms with Gasteiger partial charge in [0.1, 0.15) is 0 Å². The molecule has 2 aromatic carbocycles. The molecule has 2 heteroatoms. The fourth-order valence-electron chi connectivity index (χ4n) is 2.40. The summed E-state index contributed by atoms with van der Waals surface area (Å²) in [6, 6.07) is 16.4. The van der Waals surface area contributed by atoms with Crippen LogP contribution in [0.25, 0.3) is 11.1 Å². The molecule has 0 spiro atoms. The minimum atomic E-state index is 0.00454. The zero-order chi connectivity index (χ0) is 11.0. The highest BCUT2D eigenvalue weighted by atomic mass is 16.1. The van der Waals surface area contributed by atoms with Crippen molar-refractivity contribution < 1.29 is 4.79 Å². The van der Waals surface area contributed by atoms with Gasteiger partial charge in [0.15, 0.2) is 0 Å². The highest BCUT2D eigenvalue weighted by molar-refractivity contribution is 5.79. The third-order valence-corrected chi connectivity index (χ3v) is 3.07. The fourth-order valence-corrected chi connectivity index (χ4v) is 2.40. The Hall–Kier alpha value is -2.09. The summed E-state index contributed by atoms with van der Waals surface area (Å²) in [5.41, 5.74) is 4.79. The van der Waals surface area contributed by atoms with Crippen LogP contribution in [0.2, 0.25) is 0 Å². The molecule has 1 aliphatic carbocycles. The Bertz CT molecular complexity index is 502. The first-order valence-corrected chi connectivity index (χ1v) is 5.30. The standard InChI is InChI=1S/C14H11NO/c16-9-15-14-12-7-3-1-5-10(12)11-6-2-4-8-13(11)14/h1-9,14H,(H,15,16). The van der Waals surface area contributed by atoms with Crippen molar-refractivity contribution in [1.82, 2.24) is 5.32 Å². The summed E-state index contributed by atoms with van der Waals surface area (Å²) in [4.78, 5) is 10.7. The van der Waals surface area contributed by atoms with Gasteiger partial charge >= 0.3 is 0 Å². The Kier molecular flexibility index (Phi) is 2.00. The van der Waals surface area contributed by atoms with Crippen molar-refractivity contribution >= 4 is 6.41 Å². The summed E-state index contributed by atoms with van der Waals surface area (Å²) in [7, 11) is 0. The van der Waals surface area contributed by atoms with E-state index in [0.29, 0.717) is 0 Å². The van der Waals surface area contributed by atoms with E-state index >= 15 is 0 Å². The van der Waals surface area contributed by atoms with Crippen LogP contribution in [0.15, 0.2) is 48.5 Å². The highest BCUT2D eigenvalue weighted by Gasteiger charge is 2.26. The lowest BCUT2D eigenvalue weighted by atomic mass is 10.1. The van der Waals surface area contributed by atoms with E-state index in [1.807, 2.05) is 24.3 Å². The van der Waals surface area contributed by atoms with Crippen LogP contribution in [0.1, 0.15) is 17.2 Å². The number of hydrogen-bond acceptors (Lipinski definition) is 1. The van der Waals surface area contributed by atoms with Crippen molar-refractivity contribution in [1.29, 1.82) is 0 Å². The predicted octanol–water partition coefficient (Wildman–Crippen LogP) is 2.50. The number of benzene rings is 2. The Labute approximate surface area is 93.9 Å². The summed E-state index contributed by atoms with van der Waals surface area (Å²) in [5, 5.41) is 2.88. The summed E-state index contributed by atoms with van der Waals surface area (Å²) in [6.45, 7) is 0. The molecule has 1 amide bonds. The van der Waals surface area contributed by atoms with Gasteiger partial charge in [-0.1, -0.05) is 48.5 Å². The third kappa shape index (κ3) is 1.16. The zero-order valence-electron chi connectivity index (χ0n) is 8.68. The monoisotopic (exact) mass is 209 g/mol. The number of rotatable bonds is 2. The fraction of sp³-hybridized carbons (Fsp3) is 0.0714. The Balaban J connectivity index is 2.25. The second-order valence-electron chi connectivity index (χ2n) is 3.89. The van der Waals surface area contributed by atoms with Crippen molar-refractivity contribution in [2.24, 2.45) is 0 Å². The molecule has 78 valence electrons. The Morgan fingerprint density at radius 3 is 1.88 bits per heavy atom. The van der Waals surface area contributed by atoms with Gasteiger partial charge in [0, 0.05) is 0 Å². The van der Waals surface area contributed by atoms with Crippen molar-refractivity contribution in [2.75, 3.05) is 0 Å². The van der Waals surface area contributed by atoms with Gasteiger partial charge in [-0.3, -0.25) is 4.79 Å². The van der Waals surface area contributed by atoms with Gasteiger partial charge in [-0.15, -0.1) is 0 Å². The van der Waals surface area contributed by atoms with Gasteiger partial charge in [0.05, 0.1) is 6.04 Å². The van der Waals surface area contributed by atoms with E-state index in [9.17, 15) is 4.79 Å². The van der Waals surface area contributed by atoms with Crippen LogP contribution in [0.4, 0.5) is 0 Å². The maximum Gasteiger partial charge on any atom is 0.207 e. The van der Waals surface area contributed by atoms with E-state index in [4.69, 9.17) is 0 Å². The molecule has 0 heterocycles. The lowest BCUT2D eigenvalue weighted by Gasteiger charge is -2.11. The average Bonchev–Trinajstić information content (AvgIpc) is 2.66. The molecule has 0 bridgehead atoms. The molecule has 0 saturated carbocycles.